The molecule has 0 N–H and O–H groups in total. The average Bonchev–Trinajstić information content (AvgIpc) is 2.54. The lowest BCUT2D eigenvalue weighted by atomic mass is 10.1. The van der Waals surface area contributed by atoms with Crippen LogP contribution in [0.4, 0.5) is 0 Å². The first kappa shape index (κ1) is 9.23. The van der Waals surface area contributed by atoms with E-state index in [4.69, 9.17) is 0 Å². The molecule has 0 aromatic rings. The lowest BCUT2D eigenvalue weighted by molar-refractivity contribution is -0.543. The summed E-state index contributed by atoms with van der Waals surface area (Å²) in [5.74, 6) is -0.732. The highest BCUT2D eigenvalue weighted by atomic mass is 16.6. The third-order valence-corrected chi connectivity index (χ3v) is 1.48. The number of carbonyl (C=O) groups excluding carboxylic acids is 1. The van der Waals surface area contributed by atoms with Gasteiger partial charge in [0.15, 0.2) is 0 Å². The van der Waals surface area contributed by atoms with Crippen LogP contribution in [0.15, 0.2) is 15.4 Å². The fourth-order valence-electron chi connectivity index (χ4n) is 0.761. The Balaban J connectivity index is 2.81. The molecule has 1 aliphatic heterocycles. The second kappa shape index (κ2) is 3.25. The Morgan fingerprint density at radius 1 is 1.77 bits per heavy atom. The van der Waals surface area contributed by atoms with Crippen molar-refractivity contribution in [1.82, 2.24) is 0 Å². The van der Waals surface area contributed by atoms with E-state index in [1.807, 2.05) is 0 Å². The van der Waals surface area contributed by atoms with Gasteiger partial charge in [-0.25, -0.2) is 0 Å². The molecule has 0 spiro atoms. The number of nitro groups is 1. The summed E-state index contributed by atoms with van der Waals surface area (Å²) in [5.41, 5.74) is -1.87. The number of rotatable bonds is 3. The first-order valence-electron chi connectivity index (χ1n) is 3.28. The lowest BCUT2D eigenvalue weighted by Crippen LogP contribution is -2.38. The molecular formula is C5H6N4O4. The van der Waals surface area contributed by atoms with Crippen molar-refractivity contribution < 1.29 is 14.5 Å². The predicted molar refractivity (Wildman–Crippen MR) is 39.7 cm³/mol. The summed E-state index contributed by atoms with van der Waals surface area (Å²) < 4.78 is 4.28. The van der Waals surface area contributed by atoms with Gasteiger partial charge in [0.25, 0.3) is 0 Å². The van der Waals surface area contributed by atoms with Crippen molar-refractivity contribution in [3.63, 3.8) is 0 Å². The molecule has 0 amide bonds. The maximum Gasteiger partial charge on any atom is 0.379 e. The number of ether oxygens (including phenoxy) is 1. The van der Waals surface area contributed by atoms with Crippen molar-refractivity contribution in [1.29, 1.82) is 0 Å². The van der Waals surface area contributed by atoms with Crippen LogP contribution in [0.5, 0.6) is 0 Å². The molecule has 0 radical (unpaired) electrons. The normalized spacial score (nSPS) is 24.7. The van der Waals surface area contributed by atoms with E-state index in [2.05, 4.69) is 20.2 Å². The standard InChI is InChI=1S/C5H6N4O4/c1-13-4(10)2-5(9(11)12)3-6-8-7-5/h3H,2H2,1H3. The molecule has 8 heteroatoms. The molecule has 1 heterocycles. The second-order valence-corrected chi connectivity index (χ2v) is 2.32. The van der Waals surface area contributed by atoms with Crippen LogP contribution < -0.4 is 0 Å². The van der Waals surface area contributed by atoms with Gasteiger partial charge in [-0.3, -0.25) is 14.9 Å². The Labute approximate surface area is 72.4 Å². The molecular weight excluding hydrogens is 180 g/mol. The van der Waals surface area contributed by atoms with Crippen molar-refractivity contribution in [2.45, 2.75) is 12.1 Å². The van der Waals surface area contributed by atoms with Crippen LogP contribution in [0.25, 0.3) is 0 Å². The molecule has 1 atom stereocenters. The fraction of sp³-hybridized carbons (Fsp3) is 0.600. The topological polar surface area (TPSA) is 107 Å². The summed E-state index contributed by atoms with van der Waals surface area (Å²) >= 11 is 0. The fourth-order valence-corrected chi connectivity index (χ4v) is 0.761. The van der Waals surface area contributed by atoms with Gasteiger partial charge in [-0.2, -0.15) is 0 Å². The quantitative estimate of drug-likeness (QED) is 0.350. The second-order valence-electron chi connectivity index (χ2n) is 2.32. The van der Waals surface area contributed by atoms with Crippen LogP contribution >= 0.6 is 0 Å². The third-order valence-electron chi connectivity index (χ3n) is 1.48. The smallest absolute Gasteiger partial charge is 0.379 e. The van der Waals surface area contributed by atoms with E-state index in [1.54, 1.807) is 0 Å². The third kappa shape index (κ3) is 1.66. The molecule has 0 saturated carbocycles. The number of carbonyl (C=O) groups is 1. The van der Waals surface area contributed by atoms with E-state index < -0.39 is 23.0 Å². The molecule has 0 fully saturated rings. The number of hydrogen-bond donors (Lipinski definition) is 0. The Bertz CT molecular complexity index is 285. The van der Waals surface area contributed by atoms with E-state index in [9.17, 15) is 14.9 Å². The highest BCUT2D eigenvalue weighted by Gasteiger charge is 2.47. The van der Waals surface area contributed by atoms with Crippen molar-refractivity contribution in [2.75, 3.05) is 7.11 Å². The van der Waals surface area contributed by atoms with Crippen LogP contribution in [0.1, 0.15) is 6.42 Å². The highest BCUT2D eigenvalue weighted by Crippen LogP contribution is 2.20. The number of hydrogen-bond acceptors (Lipinski definition) is 7. The van der Waals surface area contributed by atoms with Gasteiger partial charge in [0.1, 0.15) is 12.6 Å². The molecule has 70 valence electrons. The largest absolute Gasteiger partial charge is 0.469 e. The minimum Gasteiger partial charge on any atom is -0.469 e. The van der Waals surface area contributed by atoms with E-state index in [-0.39, 0.29) is 0 Å². The first-order valence-corrected chi connectivity index (χ1v) is 3.28. The average molecular weight is 186 g/mol. The maximum absolute atomic E-state index is 10.8. The van der Waals surface area contributed by atoms with Gasteiger partial charge in [0.05, 0.1) is 12.0 Å². The van der Waals surface area contributed by atoms with Crippen molar-refractivity contribution in [2.24, 2.45) is 15.4 Å². The van der Waals surface area contributed by atoms with Gasteiger partial charge >= 0.3 is 11.6 Å². The molecule has 0 saturated heterocycles. The summed E-state index contributed by atoms with van der Waals surface area (Å²) in [6.07, 6.45) is 0.410. The SMILES string of the molecule is COC(=O)CC1([N+](=O)[O-])C=NN=N1. The highest BCUT2D eigenvalue weighted by molar-refractivity contribution is 5.79. The molecule has 1 unspecified atom stereocenters. The van der Waals surface area contributed by atoms with Crippen LogP contribution in [0.3, 0.4) is 0 Å². The molecule has 13 heavy (non-hydrogen) atoms. The van der Waals surface area contributed by atoms with E-state index in [0.29, 0.717) is 0 Å². The van der Waals surface area contributed by atoms with Gasteiger partial charge in [-0.1, -0.05) is 5.11 Å². The Hall–Kier alpha value is -1.86. The number of methoxy groups -OCH3 is 1. The maximum atomic E-state index is 10.8. The van der Waals surface area contributed by atoms with Gasteiger partial charge in [-0.15, -0.1) is 5.10 Å². The lowest BCUT2D eigenvalue weighted by Gasteiger charge is -2.09. The predicted octanol–water partition coefficient (Wildman–Crippen LogP) is -0.0259. The summed E-state index contributed by atoms with van der Waals surface area (Å²) in [6.45, 7) is 0. The molecule has 1 aliphatic rings. The van der Waals surface area contributed by atoms with Crippen LogP contribution in [-0.4, -0.2) is 29.9 Å². The zero-order valence-corrected chi connectivity index (χ0v) is 6.71. The number of esters is 1. The Morgan fingerprint density at radius 2 is 2.46 bits per heavy atom. The Kier molecular flexibility index (Phi) is 2.31. The van der Waals surface area contributed by atoms with Gasteiger partial charge in [0.2, 0.25) is 0 Å². The van der Waals surface area contributed by atoms with Crippen LogP contribution in [-0.2, 0) is 9.53 Å². The van der Waals surface area contributed by atoms with Gasteiger partial charge in [0, 0.05) is 0 Å². The summed E-state index contributed by atoms with van der Waals surface area (Å²) in [7, 11) is 1.14. The molecule has 8 nitrogen and oxygen atoms in total. The van der Waals surface area contributed by atoms with E-state index in [0.717, 1.165) is 13.3 Å². The molecule has 0 aromatic heterocycles. The van der Waals surface area contributed by atoms with Crippen LogP contribution in [0, 0.1) is 10.1 Å². The zero-order valence-electron chi connectivity index (χ0n) is 6.71. The van der Waals surface area contributed by atoms with Crippen molar-refractivity contribution in [3.8, 4) is 0 Å². The molecule has 0 aromatic carbocycles. The van der Waals surface area contributed by atoms with Crippen molar-refractivity contribution in [3.05, 3.63) is 10.1 Å². The minimum atomic E-state index is -1.87. The monoisotopic (exact) mass is 186 g/mol. The van der Waals surface area contributed by atoms with Gasteiger partial charge in [-0.05, 0) is 5.22 Å². The summed E-state index contributed by atoms with van der Waals surface area (Å²) in [5, 5.41) is 20.1. The van der Waals surface area contributed by atoms with E-state index in [1.165, 1.54) is 0 Å². The van der Waals surface area contributed by atoms with E-state index >= 15 is 0 Å². The number of nitrogens with zero attached hydrogens (tertiary/aromatic N) is 4. The molecule has 0 aliphatic carbocycles. The van der Waals surface area contributed by atoms with Gasteiger partial charge < -0.3 is 4.74 Å². The summed E-state index contributed by atoms with van der Waals surface area (Å²) in [6, 6.07) is 0. The van der Waals surface area contributed by atoms with Crippen molar-refractivity contribution >= 4 is 12.2 Å². The molecule has 0 bridgehead atoms. The summed E-state index contributed by atoms with van der Waals surface area (Å²) in [4.78, 5) is 20.6. The van der Waals surface area contributed by atoms with Crippen LogP contribution in [0.2, 0.25) is 0 Å². The Morgan fingerprint density at radius 3 is 2.85 bits per heavy atom. The first-order chi connectivity index (χ1) is 6.10. The zero-order chi connectivity index (χ0) is 9.90. The molecule has 1 rings (SSSR count). The minimum absolute atomic E-state index is 0.497.